The lowest BCUT2D eigenvalue weighted by atomic mass is 10.1. The van der Waals surface area contributed by atoms with Gasteiger partial charge in [0.1, 0.15) is 5.76 Å². The molecule has 0 unspecified atom stereocenters. The first-order valence-corrected chi connectivity index (χ1v) is 5.08. The summed E-state index contributed by atoms with van der Waals surface area (Å²) in [5.74, 6) is 3.57. The van der Waals surface area contributed by atoms with Gasteiger partial charge >= 0.3 is 0 Å². The van der Waals surface area contributed by atoms with E-state index in [0.717, 1.165) is 9.53 Å². The number of rotatable bonds is 3. The maximum atomic E-state index is 5.38. The van der Waals surface area contributed by atoms with Gasteiger partial charge < -0.3 is 4.42 Å². The predicted octanol–water partition coefficient (Wildman–Crippen LogP) is 2.39. The molecular weight excluding hydrogens is 277 g/mol. The van der Waals surface area contributed by atoms with Crippen LogP contribution < -0.4 is 5.32 Å². The summed E-state index contributed by atoms with van der Waals surface area (Å²) in [5, 5.41) is 3.21. The van der Waals surface area contributed by atoms with Crippen molar-refractivity contribution < 1.29 is 4.42 Å². The Morgan fingerprint density at radius 1 is 1.62 bits per heavy atom. The highest BCUT2D eigenvalue weighted by Crippen LogP contribution is 2.11. The summed E-state index contributed by atoms with van der Waals surface area (Å²) in [6, 6.07) is 3.88. The number of nitrogens with one attached hydrogen (secondary N) is 1. The number of furan rings is 1. The minimum absolute atomic E-state index is 0.280. The SMILES string of the molecule is C#CC(C)(C)NCc1ccc(I)o1. The van der Waals surface area contributed by atoms with E-state index < -0.39 is 0 Å². The molecule has 0 saturated carbocycles. The lowest BCUT2D eigenvalue weighted by Crippen LogP contribution is -2.36. The van der Waals surface area contributed by atoms with E-state index in [2.05, 4.69) is 33.8 Å². The summed E-state index contributed by atoms with van der Waals surface area (Å²) in [6.45, 7) is 4.59. The van der Waals surface area contributed by atoms with E-state index in [1.54, 1.807) is 0 Å². The molecule has 0 spiro atoms. The molecule has 0 fully saturated rings. The molecule has 2 nitrogen and oxygen atoms in total. The smallest absolute Gasteiger partial charge is 0.164 e. The molecule has 1 N–H and O–H groups in total. The number of hydrogen-bond donors (Lipinski definition) is 1. The molecule has 0 atom stereocenters. The van der Waals surface area contributed by atoms with Crippen LogP contribution in [0.25, 0.3) is 0 Å². The van der Waals surface area contributed by atoms with Gasteiger partial charge in [-0.15, -0.1) is 6.42 Å². The molecule has 0 saturated heterocycles. The summed E-state index contributed by atoms with van der Waals surface area (Å²) >= 11 is 2.14. The Kier molecular flexibility index (Phi) is 3.40. The molecule has 0 aliphatic heterocycles. The van der Waals surface area contributed by atoms with Crippen LogP contribution in [-0.2, 0) is 6.54 Å². The molecule has 13 heavy (non-hydrogen) atoms. The standard InChI is InChI=1S/C10H12INO/c1-4-10(2,3)12-7-8-5-6-9(11)13-8/h1,5-6,12H,7H2,2-3H3. The average Bonchev–Trinajstić information content (AvgIpc) is 2.48. The van der Waals surface area contributed by atoms with Crippen molar-refractivity contribution >= 4 is 22.6 Å². The molecule has 0 aliphatic rings. The van der Waals surface area contributed by atoms with Gasteiger partial charge in [-0.3, -0.25) is 5.32 Å². The van der Waals surface area contributed by atoms with Gasteiger partial charge in [-0.1, -0.05) is 5.92 Å². The number of halogens is 1. The molecule has 0 aromatic carbocycles. The quantitative estimate of drug-likeness (QED) is 0.682. The normalized spacial score (nSPS) is 11.2. The molecule has 0 radical (unpaired) electrons. The van der Waals surface area contributed by atoms with E-state index in [-0.39, 0.29) is 5.54 Å². The summed E-state index contributed by atoms with van der Waals surface area (Å²) in [7, 11) is 0. The molecule has 0 aliphatic carbocycles. The molecule has 1 aromatic rings. The van der Waals surface area contributed by atoms with E-state index in [9.17, 15) is 0 Å². The molecule has 3 heteroatoms. The van der Waals surface area contributed by atoms with E-state index in [0.29, 0.717) is 6.54 Å². The van der Waals surface area contributed by atoms with Crippen LogP contribution in [-0.4, -0.2) is 5.54 Å². The maximum Gasteiger partial charge on any atom is 0.164 e. The van der Waals surface area contributed by atoms with Crippen LogP contribution in [0.1, 0.15) is 19.6 Å². The van der Waals surface area contributed by atoms with E-state index >= 15 is 0 Å². The van der Waals surface area contributed by atoms with Crippen molar-refractivity contribution in [3.05, 3.63) is 21.7 Å². The van der Waals surface area contributed by atoms with Crippen LogP contribution in [0.4, 0.5) is 0 Å². The zero-order chi connectivity index (χ0) is 9.90. The Morgan fingerprint density at radius 3 is 2.77 bits per heavy atom. The fourth-order valence-electron chi connectivity index (χ4n) is 0.806. The second-order valence-electron chi connectivity index (χ2n) is 3.33. The molecule has 1 aromatic heterocycles. The van der Waals surface area contributed by atoms with Gasteiger partial charge in [0.2, 0.25) is 0 Å². The molecule has 1 heterocycles. The van der Waals surface area contributed by atoms with Crippen molar-refractivity contribution in [3.63, 3.8) is 0 Å². The highest BCUT2D eigenvalue weighted by Gasteiger charge is 2.12. The van der Waals surface area contributed by atoms with Gasteiger partial charge in [0, 0.05) is 0 Å². The molecular formula is C10H12INO. The van der Waals surface area contributed by atoms with E-state index in [4.69, 9.17) is 10.8 Å². The third-order valence-corrected chi connectivity index (χ3v) is 2.27. The molecule has 1 rings (SSSR count). The molecule has 0 bridgehead atoms. The van der Waals surface area contributed by atoms with Crippen molar-refractivity contribution in [2.75, 3.05) is 0 Å². The van der Waals surface area contributed by atoms with Crippen molar-refractivity contribution in [3.8, 4) is 12.3 Å². The van der Waals surface area contributed by atoms with Gasteiger partial charge in [-0.05, 0) is 48.6 Å². The van der Waals surface area contributed by atoms with Crippen LogP contribution in [0.3, 0.4) is 0 Å². The lowest BCUT2D eigenvalue weighted by Gasteiger charge is -2.18. The zero-order valence-corrected chi connectivity index (χ0v) is 9.88. The fraction of sp³-hybridized carbons (Fsp3) is 0.400. The second-order valence-corrected chi connectivity index (χ2v) is 4.39. The summed E-state index contributed by atoms with van der Waals surface area (Å²) < 4.78 is 6.28. The first-order chi connectivity index (χ1) is 6.03. The Bertz CT molecular complexity index is 322. The zero-order valence-electron chi connectivity index (χ0n) is 7.73. The van der Waals surface area contributed by atoms with Gasteiger partial charge in [-0.25, -0.2) is 0 Å². The van der Waals surface area contributed by atoms with E-state index in [1.165, 1.54) is 0 Å². The van der Waals surface area contributed by atoms with Crippen LogP contribution in [0.15, 0.2) is 16.5 Å². The summed E-state index contributed by atoms with van der Waals surface area (Å²) in [6.07, 6.45) is 5.33. The third kappa shape index (κ3) is 3.41. The van der Waals surface area contributed by atoms with Gasteiger partial charge in [0.25, 0.3) is 0 Å². The van der Waals surface area contributed by atoms with Gasteiger partial charge in [0.15, 0.2) is 3.77 Å². The third-order valence-electron chi connectivity index (χ3n) is 1.69. The topological polar surface area (TPSA) is 25.2 Å². The first-order valence-electron chi connectivity index (χ1n) is 4.00. The Hall–Kier alpha value is -0.470. The minimum atomic E-state index is -0.280. The number of hydrogen-bond acceptors (Lipinski definition) is 2. The Labute approximate surface area is 92.2 Å². The highest BCUT2D eigenvalue weighted by molar-refractivity contribution is 14.1. The summed E-state index contributed by atoms with van der Waals surface area (Å²) in [5.41, 5.74) is -0.280. The van der Waals surface area contributed by atoms with Crippen molar-refractivity contribution in [1.82, 2.24) is 5.32 Å². The van der Waals surface area contributed by atoms with Crippen LogP contribution in [0.5, 0.6) is 0 Å². The van der Waals surface area contributed by atoms with Crippen LogP contribution in [0, 0.1) is 16.1 Å². The van der Waals surface area contributed by atoms with Crippen LogP contribution in [0.2, 0.25) is 0 Å². The van der Waals surface area contributed by atoms with E-state index in [1.807, 2.05) is 26.0 Å². The first kappa shape index (κ1) is 10.6. The van der Waals surface area contributed by atoms with Gasteiger partial charge in [0.05, 0.1) is 12.1 Å². The second kappa shape index (κ2) is 4.16. The fourth-order valence-corrected chi connectivity index (χ4v) is 1.27. The molecule has 0 amide bonds. The maximum absolute atomic E-state index is 5.38. The predicted molar refractivity (Wildman–Crippen MR) is 61.2 cm³/mol. The minimum Gasteiger partial charge on any atom is -0.454 e. The summed E-state index contributed by atoms with van der Waals surface area (Å²) in [4.78, 5) is 0. The van der Waals surface area contributed by atoms with Crippen molar-refractivity contribution in [2.45, 2.75) is 25.9 Å². The Morgan fingerprint density at radius 2 is 2.31 bits per heavy atom. The lowest BCUT2D eigenvalue weighted by molar-refractivity contribution is 0.418. The Balaban J connectivity index is 2.49. The monoisotopic (exact) mass is 289 g/mol. The highest BCUT2D eigenvalue weighted by atomic mass is 127. The number of terminal acetylenes is 1. The average molecular weight is 289 g/mol. The van der Waals surface area contributed by atoms with Gasteiger partial charge in [-0.2, -0.15) is 0 Å². The molecule has 70 valence electrons. The largest absolute Gasteiger partial charge is 0.454 e. The van der Waals surface area contributed by atoms with Crippen molar-refractivity contribution in [1.29, 1.82) is 0 Å². The van der Waals surface area contributed by atoms with Crippen molar-refractivity contribution in [2.24, 2.45) is 0 Å². The van der Waals surface area contributed by atoms with Crippen LogP contribution >= 0.6 is 22.6 Å².